The standard InChI is InChI=1S/C25H42N2O5.2ClH/c1-18(2)26-15-21(29)17-32-24-9-8-19(14-25(24)30-3)11-13-31-23-7-5-4-6-22(23)27-12-10-20(28)16-27;;/h8-9,14,18,20-23,26,28-29H,4-7,10-13,15-17H2,1-3H3;2*1H/t20-,21?,22+,23+;;/m0../s1. The Hall–Kier alpha value is -0.800. The molecular formula is C25H44Cl2N2O5. The largest absolute Gasteiger partial charge is 0.493 e. The molecule has 1 saturated heterocycles. The van der Waals surface area contributed by atoms with Gasteiger partial charge in [-0.15, -0.1) is 24.8 Å². The Labute approximate surface area is 217 Å². The lowest BCUT2D eigenvalue weighted by atomic mass is 9.91. The first-order valence-corrected chi connectivity index (χ1v) is 12.2. The van der Waals surface area contributed by atoms with Crippen molar-refractivity contribution >= 4 is 24.8 Å². The van der Waals surface area contributed by atoms with E-state index < -0.39 is 6.10 Å². The average molecular weight is 524 g/mol. The Morgan fingerprint density at radius 1 is 1.12 bits per heavy atom. The molecule has 1 aromatic rings. The smallest absolute Gasteiger partial charge is 0.161 e. The number of aliphatic hydroxyl groups is 2. The van der Waals surface area contributed by atoms with E-state index in [2.05, 4.69) is 10.2 Å². The molecule has 9 heteroatoms. The highest BCUT2D eigenvalue weighted by Gasteiger charge is 2.34. The molecule has 7 nitrogen and oxygen atoms in total. The van der Waals surface area contributed by atoms with Crippen molar-refractivity contribution in [3.8, 4) is 11.5 Å². The van der Waals surface area contributed by atoms with Crippen LogP contribution in [0.2, 0.25) is 0 Å². The molecule has 1 aliphatic heterocycles. The first kappa shape index (κ1) is 31.2. The average Bonchev–Trinajstić information content (AvgIpc) is 3.23. The molecule has 34 heavy (non-hydrogen) atoms. The number of hydrogen-bond donors (Lipinski definition) is 3. The van der Waals surface area contributed by atoms with Crippen molar-refractivity contribution in [1.82, 2.24) is 10.2 Å². The van der Waals surface area contributed by atoms with Gasteiger partial charge < -0.3 is 29.7 Å². The Bertz CT molecular complexity index is 697. The van der Waals surface area contributed by atoms with Crippen LogP contribution in [0.5, 0.6) is 11.5 Å². The molecule has 1 unspecified atom stereocenters. The van der Waals surface area contributed by atoms with Crippen LogP contribution in [0.1, 0.15) is 51.5 Å². The topological polar surface area (TPSA) is 83.4 Å². The molecule has 1 heterocycles. The molecule has 0 aromatic heterocycles. The van der Waals surface area contributed by atoms with Gasteiger partial charge in [-0.1, -0.05) is 32.8 Å². The second-order valence-electron chi connectivity index (χ2n) is 9.46. The van der Waals surface area contributed by atoms with Crippen LogP contribution in [0.25, 0.3) is 0 Å². The summed E-state index contributed by atoms with van der Waals surface area (Å²) in [6, 6.07) is 6.70. The van der Waals surface area contributed by atoms with Crippen LogP contribution in [-0.2, 0) is 11.2 Å². The normalized spacial score (nSPS) is 23.8. The second kappa shape index (κ2) is 16.0. The SMILES string of the molecule is COc1cc(CCO[C@@H]2CCCC[C@H]2N2CC[C@H](O)C2)ccc1OCC(O)CNC(C)C.Cl.Cl. The zero-order valence-electron chi connectivity index (χ0n) is 20.8. The van der Waals surface area contributed by atoms with Gasteiger partial charge >= 0.3 is 0 Å². The highest BCUT2D eigenvalue weighted by Crippen LogP contribution is 2.30. The van der Waals surface area contributed by atoms with Gasteiger partial charge in [-0.2, -0.15) is 0 Å². The van der Waals surface area contributed by atoms with E-state index in [0.29, 0.717) is 36.7 Å². The van der Waals surface area contributed by atoms with Crippen molar-refractivity contribution in [2.75, 3.05) is 40.0 Å². The maximum atomic E-state index is 10.1. The van der Waals surface area contributed by atoms with E-state index in [1.807, 2.05) is 32.0 Å². The van der Waals surface area contributed by atoms with Crippen LogP contribution in [-0.4, -0.2) is 85.5 Å². The monoisotopic (exact) mass is 522 g/mol. The van der Waals surface area contributed by atoms with E-state index in [1.54, 1.807) is 7.11 Å². The zero-order chi connectivity index (χ0) is 22.9. The van der Waals surface area contributed by atoms with Crippen molar-refractivity contribution in [3.05, 3.63) is 23.8 Å². The molecule has 4 atom stereocenters. The number of nitrogens with one attached hydrogen (secondary N) is 1. The number of halogens is 2. The summed E-state index contributed by atoms with van der Waals surface area (Å²) in [5.74, 6) is 1.31. The first-order chi connectivity index (χ1) is 15.5. The van der Waals surface area contributed by atoms with Gasteiger partial charge in [0, 0.05) is 31.7 Å². The van der Waals surface area contributed by atoms with Crippen molar-refractivity contribution in [2.24, 2.45) is 0 Å². The second-order valence-corrected chi connectivity index (χ2v) is 9.46. The Morgan fingerprint density at radius 3 is 2.56 bits per heavy atom. The molecule has 0 amide bonds. The maximum absolute atomic E-state index is 10.1. The highest BCUT2D eigenvalue weighted by molar-refractivity contribution is 5.85. The lowest BCUT2D eigenvalue weighted by Crippen LogP contribution is -2.46. The van der Waals surface area contributed by atoms with Gasteiger partial charge in [-0.25, -0.2) is 0 Å². The molecule has 3 rings (SSSR count). The Balaban J connectivity index is 0.00000289. The third-order valence-electron chi connectivity index (χ3n) is 6.48. The van der Waals surface area contributed by atoms with E-state index >= 15 is 0 Å². The van der Waals surface area contributed by atoms with Crippen LogP contribution in [0.3, 0.4) is 0 Å². The van der Waals surface area contributed by atoms with E-state index in [1.165, 1.54) is 12.8 Å². The van der Waals surface area contributed by atoms with Gasteiger partial charge in [0.15, 0.2) is 11.5 Å². The number of aliphatic hydroxyl groups excluding tert-OH is 2. The number of β-amino-alcohol motifs (C(OH)–C–C–N with tert-alkyl or cyclic N) is 1. The van der Waals surface area contributed by atoms with Gasteiger partial charge in [-0.3, -0.25) is 4.90 Å². The fourth-order valence-corrected chi connectivity index (χ4v) is 4.69. The minimum absolute atomic E-state index is 0. The van der Waals surface area contributed by atoms with E-state index in [9.17, 15) is 10.2 Å². The summed E-state index contributed by atoms with van der Waals surface area (Å²) >= 11 is 0. The summed E-state index contributed by atoms with van der Waals surface area (Å²) in [5, 5.41) is 23.2. The molecule has 0 bridgehead atoms. The number of rotatable bonds is 12. The first-order valence-electron chi connectivity index (χ1n) is 12.2. The van der Waals surface area contributed by atoms with Crippen molar-refractivity contribution in [1.29, 1.82) is 0 Å². The van der Waals surface area contributed by atoms with E-state index in [0.717, 1.165) is 44.3 Å². The lowest BCUT2D eigenvalue weighted by molar-refractivity contribution is -0.0316. The molecular weight excluding hydrogens is 479 g/mol. The molecule has 0 spiro atoms. The number of methoxy groups -OCH3 is 1. The number of nitrogens with zero attached hydrogens (tertiary/aromatic N) is 1. The fraction of sp³-hybridized carbons (Fsp3) is 0.760. The minimum Gasteiger partial charge on any atom is -0.493 e. The Morgan fingerprint density at radius 2 is 1.88 bits per heavy atom. The van der Waals surface area contributed by atoms with Crippen LogP contribution in [0.15, 0.2) is 18.2 Å². The van der Waals surface area contributed by atoms with Gasteiger partial charge in [0.05, 0.1) is 25.9 Å². The van der Waals surface area contributed by atoms with Crippen LogP contribution >= 0.6 is 24.8 Å². The molecule has 1 aromatic carbocycles. The third-order valence-corrected chi connectivity index (χ3v) is 6.48. The molecule has 0 radical (unpaired) electrons. The summed E-state index contributed by atoms with van der Waals surface area (Å²) in [6.07, 6.45) is 5.91. The van der Waals surface area contributed by atoms with Crippen LogP contribution < -0.4 is 14.8 Å². The van der Waals surface area contributed by atoms with Crippen molar-refractivity contribution in [3.63, 3.8) is 0 Å². The van der Waals surface area contributed by atoms with Gasteiger partial charge in [0.2, 0.25) is 0 Å². The molecule has 1 aliphatic carbocycles. The fourth-order valence-electron chi connectivity index (χ4n) is 4.69. The van der Waals surface area contributed by atoms with Gasteiger partial charge in [0.25, 0.3) is 0 Å². The summed E-state index contributed by atoms with van der Waals surface area (Å²) in [7, 11) is 1.64. The minimum atomic E-state index is -0.574. The predicted octanol–water partition coefficient (Wildman–Crippen LogP) is 3.21. The number of likely N-dealkylation sites (tertiary alicyclic amines) is 1. The molecule has 1 saturated carbocycles. The maximum Gasteiger partial charge on any atom is 0.161 e. The molecule has 3 N–H and O–H groups in total. The lowest BCUT2D eigenvalue weighted by Gasteiger charge is -2.37. The summed E-state index contributed by atoms with van der Waals surface area (Å²) in [4.78, 5) is 2.43. The molecule has 198 valence electrons. The number of hydrogen-bond acceptors (Lipinski definition) is 7. The van der Waals surface area contributed by atoms with E-state index in [4.69, 9.17) is 14.2 Å². The molecule has 2 fully saturated rings. The predicted molar refractivity (Wildman–Crippen MR) is 140 cm³/mol. The van der Waals surface area contributed by atoms with Gasteiger partial charge in [0.1, 0.15) is 12.7 Å². The van der Waals surface area contributed by atoms with Crippen LogP contribution in [0.4, 0.5) is 0 Å². The Kier molecular flexibility index (Phi) is 14.7. The number of ether oxygens (including phenoxy) is 3. The highest BCUT2D eigenvalue weighted by atomic mass is 35.5. The quantitative estimate of drug-likeness (QED) is 0.388. The zero-order valence-corrected chi connectivity index (χ0v) is 22.4. The molecule has 2 aliphatic rings. The van der Waals surface area contributed by atoms with Crippen LogP contribution in [0, 0.1) is 0 Å². The van der Waals surface area contributed by atoms with Gasteiger partial charge in [-0.05, 0) is 43.4 Å². The summed E-state index contributed by atoms with van der Waals surface area (Å²) in [6.45, 7) is 7.23. The van der Waals surface area contributed by atoms with E-state index in [-0.39, 0.29) is 43.6 Å². The van der Waals surface area contributed by atoms with Crippen molar-refractivity contribution < 1.29 is 24.4 Å². The van der Waals surface area contributed by atoms with Crippen molar-refractivity contribution in [2.45, 2.75) is 82.8 Å². The summed E-state index contributed by atoms with van der Waals surface area (Å²) < 4.78 is 17.6. The number of benzene rings is 1. The summed E-state index contributed by atoms with van der Waals surface area (Å²) in [5.41, 5.74) is 1.14. The third kappa shape index (κ3) is 9.69.